The van der Waals surface area contributed by atoms with Crippen molar-refractivity contribution in [2.45, 2.75) is 0 Å². The molecule has 0 saturated heterocycles. The Hall–Kier alpha value is -1.95. The number of hydrogen-bond acceptors (Lipinski definition) is 5. The van der Waals surface area contributed by atoms with Gasteiger partial charge in [0.1, 0.15) is 5.75 Å². The van der Waals surface area contributed by atoms with E-state index >= 15 is 0 Å². The van der Waals surface area contributed by atoms with E-state index in [-0.39, 0.29) is 12.5 Å². The number of methoxy groups -OCH3 is 3. The lowest BCUT2D eigenvalue weighted by atomic mass is 10.2. The number of ether oxygens (including phenoxy) is 3. The van der Waals surface area contributed by atoms with Crippen LogP contribution in [-0.4, -0.2) is 40.8 Å². The van der Waals surface area contributed by atoms with Crippen LogP contribution in [0.25, 0.3) is 0 Å². The van der Waals surface area contributed by atoms with Crippen molar-refractivity contribution in [3.05, 3.63) is 12.1 Å². The van der Waals surface area contributed by atoms with E-state index in [1.54, 1.807) is 19.2 Å². The van der Waals surface area contributed by atoms with E-state index in [1.807, 2.05) is 0 Å². The van der Waals surface area contributed by atoms with Crippen molar-refractivity contribution in [2.75, 3.05) is 40.2 Å². The third kappa shape index (κ3) is 3.27. The first-order chi connectivity index (χ1) is 8.65. The first-order valence-electron chi connectivity index (χ1n) is 5.40. The second-order valence-electron chi connectivity index (χ2n) is 3.49. The lowest BCUT2D eigenvalue weighted by molar-refractivity contribution is -0.115. The number of nitrogens with one attached hydrogen (secondary N) is 2. The summed E-state index contributed by atoms with van der Waals surface area (Å²) in [6.45, 7) is 0.220. The summed E-state index contributed by atoms with van der Waals surface area (Å²) in [6.07, 6.45) is 0. The largest absolute Gasteiger partial charge is 0.494 e. The Morgan fingerprint density at radius 3 is 2.11 bits per heavy atom. The third-order valence-corrected chi connectivity index (χ3v) is 2.32. The fourth-order valence-electron chi connectivity index (χ4n) is 1.48. The van der Waals surface area contributed by atoms with Crippen LogP contribution in [0, 0.1) is 0 Å². The van der Waals surface area contributed by atoms with E-state index in [1.165, 1.54) is 21.3 Å². The summed E-state index contributed by atoms with van der Waals surface area (Å²) >= 11 is 0. The van der Waals surface area contributed by atoms with Gasteiger partial charge in [0.25, 0.3) is 0 Å². The molecule has 0 atom stereocenters. The molecule has 1 rings (SSSR count). The van der Waals surface area contributed by atoms with Gasteiger partial charge in [-0.1, -0.05) is 0 Å². The molecule has 1 amide bonds. The number of carbonyl (C=O) groups excluding carboxylic acids is 1. The summed E-state index contributed by atoms with van der Waals surface area (Å²) in [5.74, 6) is 1.42. The van der Waals surface area contributed by atoms with Crippen molar-refractivity contribution in [3.8, 4) is 17.2 Å². The lowest BCUT2D eigenvalue weighted by Crippen LogP contribution is -2.25. The van der Waals surface area contributed by atoms with E-state index < -0.39 is 0 Å². The van der Waals surface area contributed by atoms with Gasteiger partial charge in [-0.2, -0.15) is 0 Å². The molecule has 0 aromatic heterocycles. The molecule has 0 aliphatic carbocycles. The molecule has 18 heavy (non-hydrogen) atoms. The predicted molar refractivity (Wildman–Crippen MR) is 68.7 cm³/mol. The van der Waals surface area contributed by atoms with E-state index in [9.17, 15) is 4.79 Å². The molecule has 0 radical (unpaired) electrons. The molecule has 0 aliphatic rings. The highest BCUT2D eigenvalue weighted by atomic mass is 16.5. The monoisotopic (exact) mass is 254 g/mol. The van der Waals surface area contributed by atoms with Crippen molar-refractivity contribution in [2.24, 2.45) is 0 Å². The van der Waals surface area contributed by atoms with Gasteiger partial charge in [-0.25, -0.2) is 0 Å². The predicted octanol–water partition coefficient (Wildman–Crippen LogP) is 0.870. The zero-order chi connectivity index (χ0) is 13.5. The summed E-state index contributed by atoms with van der Waals surface area (Å²) in [5.41, 5.74) is 0.537. The SMILES string of the molecule is CNCC(=O)Nc1cc(OC)c(OC)cc1OC. The van der Waals surface area contributed by atoms with Gasteiger partial charge in [0.05, 0.1) is 33.6 Å². The molecule has 1 aromatic rings. The number of anilines is 1. The first-order valence-corrected chi connectivity index (χ1v) is 5.40. The molecule has 0 heterocycles. The molecule has 0 unspecified atom stereocenters. The van der Waals surface area contributed by atoms with Crippen molar-refractivity contribution < 1.29 is 19.0 Å². The van der Waals surface area contributed by atoms with E-state index in [4.69, 9.17) is 14.2 Å². The smallest absolute Gasteiger partial charge is 0.238 e. The van der Waals surface area contributed by atoms with Crippen LogP contribution < -0.4 is 24.8 Å². The van der Waals surface area contributed by atoms with Gasteiger partial charge in [-0.3, -0.25) is 4.79 Å². The summed E-state index contributed by atoms with van der Waals surface area (Å²) in [4.78, 5) is 11.5. The maximum atomic E-state index is 11.5. The summed E-state index contributed by atoms with van der Waals surface area (Å²) in [5, 5.41) is 5.49. The highest BCUT2D eigenvalue weighted by molar-refractivity contribution is 5.94. The molecule has 0 bridgehead atoms. The average molecular weight is 254 g/mol. The minimum Gasteiger partial charge on any atom is -0.494 e. The normalized spacial score (nSPS) is 9.78. The number of likely N-dealkylation sites (N-methyl/N-ethyl adjacent to an activating group) is 1. The lowest BCUT2D eigenvalue weighted by Gasteiger charge is -2.14. The minimum absolute atomic E-state index is 0.164. The zero-order valence-electron chi connectivity index (χ0n) is 11.0. The maximum Gasteiger partial charge on any atom is 0.238 e. The Morgan fingerprint density at radius 1 is 1.06 bits per heavy atom. The quantitative estimate of drug-likeness (QED) is 0.788. The van der Waals surface area contributed by atoms with Crippen LogP contribution in [0.15, 0.2) is 12.1 Å². The third-order valence-electron chi connectivity index (χ3n) is 2.32. The Balaban J connectivity index is 3.05. The molecule has 0 saturated carbocycles. The van der Waals surface area contributed by atoms with Crippen LogP contribution in [0.1, 0.15) is 0 Å². The number of rotatable bonds is 6. The van der Waals surface area contributed by atoms with Gasteiger partial charge in [-0.05, 0) is 7.05 Å². The summed E-state index contributed by atoms with van der Waals surface area (Å²) in [6, 6.07) is 3.32. The number of carbonyl (C=O) groups is 1. The van der Waals surface area contributed by atoms with Crippen molar-refractivity contribution in [1.29, 1.82) is 0 Å². The van der Waals surface area contributed by atoms with Gasteiger partial charge in [0.15, 0.2) is 11.5 Å². The number of hydrogen-bond donors (Lipinski definition) is 2. The summed E-state index contributed by atoms with van der Waals surface area (Å²) in [7, 11) is 6.29. The van der Waals surface area contributed by atoms with Crippen molar-refractivity contribution in [1.82, 2.24) is 5.32 Å². The standard InChI is InChI=1S/C12H18N2O4/c1-13-7-12(15)14-8-5-10(17-3)11(18-4)6-9(8)16-2/h5-6,13H,7H2,1-4H3,(H,14,15). The number of amides is 1. The Kier molecular flexibility index (Phi) is 5.26. The first kappa shape index (κ1) is 14.1. The van der Waals surface area contributed by atoms with Gasteiger partial charge >= 0.3 is 0 Å². The summed E-state index contributed by atoms with van der Waals surface area (Å²) < 4.78 is 15.5. The molecule has 2 N–H and O–H groups in total. The van der Waals surface area contributed by atoms with Crippen LogP contribution >= 0.6 is 0 Å². The Labute approximate surface area is 106 Å². The molecule has 100 valence electrons. The van der Waals surface area contributed by atoms with Crippen LogP contribution in [0.4, 0.5) is 5.69 Å². The van der Waals surface area contributed by atoms with E-state index in [0.29, 0.717) is 22.9 Å². The number of benzene rings is 1. The van der Waals surface area contributed by atoms with Crippen molar-refractivity contribution in [3.63, 3.8) is 0 Å². The van der Waals surface area contributed by atoms with Crippen LogP contribution in [0.5, 0.6) is 17.2 Å². The van der Waals surface area contributed by atoms with Crippen molar-refractivity contribution >= 4 is 11.6 Å². The molecule has 0 aliphatic heterocycles. The van der Waals surface area contributed by atoms with Gasteiger partial charge < -0.3 is 24.8 Å². The molecule has 6 nitrogen and oxygen atoms in total. The molecular formula is C12H18N2O4. The second kappa shape index (κ2) is 6.70. The molecule has 0 fully saturated rings. The topological polar surface area (TPSA) is 68.8 Å². The van der Waals surface area contributed by atoms with Gasteiger partial charge in [0, 0.05) is 12.1 Å². The minimum atomic E-state index is -0.164. The Morgan fingerprint density at radius 2 is 1.61 bits per heavy atom. The highest BCUT2D eigenvalue weighted by Gasteiger charge is 2.13. The fraction of sp³-hybridized carbons (Fsp3) is 0.417. The zero-order valence-corrected chi connectivity index (χ0v) is 11.0. The second-order valence-corrected chi connectivity index (χ2v) is 3.49. The van der Waals surface area contributed by atoms with Crippen LogP contribution in [0.3, 0.4) is 0 Å². The van der Waals surface area contributed by atoms with Gasteiger partial charge in [0.2, 0.25) is 5.91 Å². The Bertz CT molecular complexity index is 421. The highest BCUT2D eigenvalue weighted by Crippen LogP contribution is 2.37. The molecule has 1 aromatic carbocycles. The molecule has 6 heteroatoms. The van der Waals surface area contributed by atoms with E-state index in [2.05, 4.69) is 10.6 Å². The average Bonchev–Trinajstić information content (AvgIpc) is 2.38. The van der Waals surface area contributed by atoms with Crippen LogP contribution in [0.2, 0.25) is 0 Å². The maximum absolute atomic E-state index is 11.5. The molecule has 0 spiro atoms. The molecular weight excluding hydrogens is 236 g/mol. The van der Waals surface area contributed by atoms with Crippen LogP contribution in [-0.2, 0) is 4.79 Å². The van der Waals surface area contributed by atoms with E-state index in [0.717, 1.165) is 0 Å². The van der Waals surface area contributed by atoms with Gasteiger partial charge in [-0.15, -0.1) is 0 Å². The fourth-order valence-corrected chi connectivity index (χ4v) is 1.48.